The van der Waals surface area contributed by atoms with Gasteiger partial charge in [0.05, 0.1) is 13.1 Å². The van der Waals surface area contributed by atoms with E-state index in [1.54, 1.807) is 0 Å². The SMILES string of the molecule is C1CCCCCN=NN=NCCCC1.[Ni]. The molecule has 1 aliphatic rings. The maximum absolute atomic E-state index is 3.92. The summed E-state index contributed by atoms with van der Waals surface area (Å²) in [6, 6.07) is 0. The largest absolute Gasteiger partial charge is 0.167 e. The Kier molecular flexibility index (Phi) is 11.5. The van der Waals surface area contributed by atoms with E-state index in [1.165, 1.54) is 38.5 Å². The van der Waals surface area contributed by atoms with Crippen LogP contribution in [0.15, 0.2) is 20.7 Å². The Labute approximate surface area is 102 Å². The van der Waals surface area contributed by atoms with Gasteiger partial charge in [0.15, 0.2) is 0 Å². The minimum atomic E-state index is 0. The molecule has 1 rings (SSSR count). The molecule has 5 heteroatoms. The Morgan fingerprint density at radius 2 is 0.800 bits per heavy atom. The Morgan fingerprint density at radius 1 is 0.467 bits per heavy atom. The number of hydrogen-bond donors (Lipinski definition) is 0. The van der Waals surface area contributed by atoms with Gasteiger partial charge in [-0.15, -0.1) is 0 Å². The zero-order valence-corrected chi connectivity index (χ0v) is 10.2. The molecule has 0 aliphatic carbocycles. The van der Waals surface area contributed by atoms with Crippen LogP contribution < -0.4 is 0 Å². The van der Waals surface area contributed by atoms with Crippen LogP contribution in [0.5, 0.6) is 0 Å². The molecule has 0 atom stereocenters. The molecule has 0 saturated carbocycles. The Bertz CT molecular complexity index is 162. The van der Waals surface area contributed by atoms with Crippen molar-refractivity contribution in [3.63, 3.8) is 0 Å². The van der Waals surface area contributed by atoms with Gasteiger partial charge in [-0.1, -0.05) is 38.5 Å². The third-order valence-electron chi connectivity index (χ3n) is 2.43. The summed E-state index contributed by atoms with van der Waals surface area (Å²) in [6.07, 6.45) is 10.3. The maximum Gasteiger partial charge on any atom is 0.0621 e. The summed E-state index contributed by atoms with van der Waals surface area (Å²) < 4.78 is 0. The van der Waals surface area contributed by atoms with E-state index in [2.05, 4.69) is 20.7 Å². The van der Waals surface area contributed by atoms with Crippen molar-refractivity contribution >= 4 is 0 Å². The predicted octanol–water partition coefficient (Wildman–Crippen LogP) is 3.94. The zero-order valence-electron chi connectivity index (χ0n) is 9.18. The first kappa shape index (κ1) is 14.7. The van der Waals surface area contributed by atoms with Crippen LogP contribution in [0, 0.1) is 0 Å². The van der Waals surface area contributed by atoms with Gasteiger partial charge in [-0.3, -0.25) is 0 Å². The summed E-state index contributed by atoms with van der Waals surface area (Å²) >= 11 is 0. The van der Waals surface area contributed by atoms with Crippen LogP contribution in [0.4, 0.5) is 0 Å². The first-order chi connectivity index (χ1) is 7.00. The van der Waals surface area contributed by atoms with Crippen molar-refractivity contribution in [3.8, 4) is 0 Å². The van der Waals surface area contributed by atoms with Crippen LogP contribution in [-0.2, 0) is 16.5 Å². The molecule has 90 valence electrons. The fourth-order valence-electron chi connectivity index (χ4n) is 1.57. The molecule has 0 fully saturated rings. The number of rotatable bonds is 0. The van der Waals surface area contributed by atoms with E-state index < -0.39 is 0 Å². The minimum absolute atomic E-state index is 0. The molecule has 1 aliphatic heterocycles. The van der Waals surface area contributed by atoms with E-state index in [9.17, 15) is 0 Å². The van der Waals surface area contributed by atoms with Crippen molar-refractivity contribution in [3.05, 3.63) is 0 Å². The molecule has 15 heavy (non-hydrogen) atoms. The molecule has 0 amide bonds. The van der Waals surface area contributed by atoms with Gasteiger partial charge in [0, 0.05) is 16.5 Å². The van der Waals surface area contributed by atoms with Gasteiger partial charge in [0.2, 0.25) is 0 Å². The standard InChI is InChI=1S/C10H20N4.Ni/c1-2-4-6-8-10-12-14-13-11-9-7-5-3-1;/h1-10H2;. The molecule has 0 bridgehead atoms. The first-order valence-corrected chi connectivity index (χ1v) is 5.73. The van der Waals surface area contributed by atoms with E-state index in [0.717, 1.165) is 25.9 Å². The maximum atomic E-state index is 3.92. The molecule has 0 aromatic heterocycles. The van der Waals surface area contributed by atoms with Crippen LogP contribution in [0.25, 0.3) is 0 Å². The van der Waals surface area contributed by atoms with Gasteiger partial charge in [0.25, 0.3) is 0 Å². The average molecular weight is 255 g/mol. The Balaban J connectivity index is 0.00000196. The molecular weight excluding hydrogens is 235 g/mol. The van der Waals surface area contributed by atoms with Crippen LogP contribution in [0.1, 0.15) is 51.4 Å². The van der Waals surface area contributed by atoms with Gasteiger partial charge in [-0.25, -0.2) is 0 Å². The van der Waals surface area contributed by atoms with E-state index in [0.29, 0.717) is 0 Å². The van der Waals surface area contributed by atoms with Gasteiger partial charge >= 0.3 is 0 Å². The minimum Gasteiger partial charge on any atom is -0.167 e. The topological polar surface area (TPSA) is 49.4 Å². The molecular formula is C10H20N4Ni. The Morgan fingerprint density at radius 3 is 1.20 bits per heavy atom. The van der Waals surface area contributed by atoms with Crippen molar-refractivity contribution in [2.75, 3.05) is 13.1 Å². The van der Waals surface area contributed by atoms with Gasteiger partial charge < -0.3 is 0 Å². The monoisotopic (exact) mass is 254 g/mol. The third-order valence-corrected chi connectivity index (χ3v) is 2.43. The quantitative estimate of drug-likeness (QED) is 0.588. The van der Waals surface area contributed by atoms with E-state index in [-0.39, 0.29) is 16.5 Å². The predicted molar refractivity (Wildman–Crippen MR) is 56.4 cm³/mol. The summed E-state index contributed by atoms with van der Waals surface area (Å²) in [6.45, 7) is 1.61. The number of hydrogen-bond acceptors (Lipinski definition) is 4. The molecule has 0 saturated heterocycles. The smallest absolute Gasteiger partial charge is 0.0621 e. The normalized spacial score (nSPS) is 20.3. The summed E-state index contributed by atoms with van der Waals surface area (Å²) in [5.74, 6) is 0. The fourth-order valence-corrected chi connectivity index (χ4v) is 1.57. The van der Waals surface area contributed by atoms with Crippen LogP contribution >= 0.6 is 0 Å². The summed E-state index contributed by atoms with van der Waals surface area (Å²) in [5, 5.41) is 15.1. The van der Waals surface area contributed by atoms with Crippen molar-refractivity contribution in [1.29, 1.82) is 0 Å². The average Bonchev–Trinajstić information content (AvgIpc) is 2.22. The second kappa shape index (κ2) is 11.8. The van der Waals surface area contributed by atoms with E-state index >= 15 is 0 Å². The van der Waals surface area contributed by atoms with Crippen molar-refractivity contribution in [1.82, 2.24) is 0 Å². The van der Waals surface area contributed by atoms with E-state index in [4.69, 9.17) is 0 Å². The Hall–Kier alpha value is -0.306. The molecule has 0 aromatic carbocycles. The molecule has 4 nitrogen and oxygen atoms in total. The van der Waals surface area contributed by atoms with Crippen molar-refractivity contribution < 1.29 is 16.5 Å². The van der Waals surface area contributed by atoms with Gasteiger partial charge in [0.1, 0.15) is 0 Å². The van der Waals surface area contributed by atoms with Crippen molar-refractivity contribution in [2.24, 2.45) is 20.7 Å². The summed E-state index contributed by atoms with van der Waals surface area (Å²) in [7, 11) is 0. The number of nitrogens with zero attached hydrogens (tertiary/aromatic N) is 4. The fraction of sp³-hybridized carbons (Fsp3) is 1.00. The van der Waals surface area contributed by atoms with Crippen molar-refractivity contribution in [2.45, 2.75) is 51.4 Å². The summed E-state index contributed by atoms with van der Waals surface area (Å²) in [4.78, 5) is 0. The molecule has 0 spiro atoms. The molecule has 0 N–H and O–H groups in total. The third kappa shape index (κ3) is 9.99. The summed E-state index contributed by atoms with van der Waals surface area (Å²) in [5.41, 5.74) is 0. The van der Waals surface area contributed by atoms with Gasteiger partial charge in [-0.2, -0.15) is 10.2 Å². The molecule has 0 unspecified atom stereocenters. The van der Waals surface area contributed by atoms with Crippen LogP contribution in [-0.4, -0.2) is 13.1 Å². The van der Waals surface area contributed by atoms with Crippen LogP contribution in [0.2, 0.25) is 0 Å². The molecule has 1 heterocycles. The van der Waals surface area contributed by atoms with Gasteiger partial charge in [-0.05, 0) is 23.3 Å². The molecule has 0 aromatic rings. The second-order valence-corrected chi connectivity index (χ2v) is 3.74. The first-order valence-electron chi connectivity index (χ1n) is 5.73. The second-order valence-electron chi connectivity index (χ2n) is 3.74. The molecule has 0 radical (unpaired) electrons. The zero-order chi connectivity index (χ0) is 9.90. The van der Waals surface area contributed by atoms with E-state index in [1.807, 2.05) is 0 Å². The van der Waals surface area contributed by atoms with Crippen LogP contribution in [0.3, 0.4) is 0 Å².